The molecule has 2 rings (SSSR count). The lowest BCUT2D eigenvalue weighted by Gasteiger charge is -2.40. The third kappa shape index (κ3) is 2.73. The number of nitrogens with zero attached hydrogens (tertiary/aromatic N) is 1. The topological polar surface area (TPSA) is 15.3 Å². The van der Waals surface area contributed by atoms with Gasteiger partial charge in [0, 0.05) is 25.2 Å². The maximum Gasteiger partial charge on any atom is 0.0195 e. The van der Waals surface area contributed by atoms with Gasteiger partial charge in [0.05, 0.1) is 0 Å². The summed E-state index contributed by atoms with van der Waals surface area (Å²) in [5.41, 5.74) is 0. The van der Waals surface area contributed by atoms with E-state index in [0.717, 1.165) is 18.0 Å². The normalized spacial score (nSPS) is 34.8. The molecule has 2 unspecified atom stereocenters. The zero-order chi connectivity index (χ0) is 10.7. The molecule has 2 aliphatic rings. The van der Waals surface area contributed by atoms with Crippen molar-refractivity contribution in [2.45, 2.75) is 57.5 Å². The summed E-state index contributed by atoms with van der Waals surface area (Å²) in [7, 11) is 2.12. The monoisotopic (exact) mass is 210 g/mol. The summed E-state index contributed by atoms with van der Waals surface area (Å²) < 4.78 is 0. The molecule has 2 atom stereocenters. The van der Waals surface area contributed by atoms with Crippen LogP contribution in [0.25, 0.3) is 0 Å². The molecule has 0 aromatic rings. The maximum atomic E-state index is 3.48. The fourth-order valence-electron chi connectivity index (χ4n) is 3.31. The van der Waals surface area contributed by atoms with Gasteiger partial charge in [0.1, 0.15) is 0 Å². The molecule has 15 heavy (non-hydrogen) atoms. The van der Waals surface area contributed by atoms with Crippen LogP contribution in [0.3, 0.4) is 0 Å². The molecule has 1 saturated carbocycles. The molecule has 0 aromatic heterocycles. The predicted molar refractivity (Wildman–Crippen MR) is 65.1 cm³/mol. The van der Waals surface area contributed by atoms with Crippen molar-refractivity contribution in [2.75, 3.05) is 20.1 Å². The Bertz CT molecular complexity index is 175. The first-order chi connectivity index (χ1) is 7.33. The first-order valence-electron chi connectivity index (χ1n) is 6.74. The van der Waals surface area contributed by atoms with Crippen LogP contribution in [0.15, 0.2) is 0 Å². The van der Waals surface area contributed by atoms with Gasteiger partial charge in [0.15, 0.2) is 0 Å². The molecule has 0 radical (unpaired) electrons. The van der Waals surface area contributed by atoms with Crippen molar-refractivity contribution in [2.24, 2.45) is 5.92 Å². The van der Waals surface area contributed by atoms with E-state index in [-0.39, 0.29) is 0 Å². The van der Waals surface area contributed by atoms with Gasteiger partial charge in [-0.2, -0.15) is 0 Å². The van der Waals surface area contributed by atoms with Crippen LogP contribution in [0.5, 0.6) is 0 Å². The molecule has 1 heterocycles. The Morgan fingerprint density at radius 1 is 1.20 bits per heavy atom. The van der Waals surface area contributed by atoms with Gasteiger partial charge in [-0.1, -0.05) is 26.2 Å². The van der Waals surface area contributed by atoms with Gasteiger partial charge in [-0.15, -0.1) is 0 Å². The molecule has 1 aliphatic carbocycles. The summed E-state index contributed by atoms with van der Waals surface area (Å²) in [6, 6.07) is 1.65. The summed E-state index contributed by atoms with van der Waals surface area (Å²) in [5.74, 6) is 0.928. The highest BCUT2D eigenvalue weighted by atomic mass is 15.2. The summed E-state index contributed by atoms with van der Waals surface area (Å²) in [4.78, 5) is 2.77. The zero-order valence-electron chi connectivity index (χ0n) is 10.3. The first kappa shape index (κ1) is 11.4. The zero-order valence-corrected chi connectivity index (χ0v) is 10.3. The number of rotatable bonds is 3. The van der Waals surface area contributed by atoms with E-state index in [4.69, 9.17) is 0 Å². The van der Waals surface area contributed by atoms with Crippen LogP contribution >= 0.6 is 0 Å². The summed E-state index contributed by atoms with van der Waals surface area (Å²) in [6.45, 7) is 4.99. The molecule has 1 N–H and O–H groups in total. The summed E-state index contributed by atoms with van der Waals surface area (Å²) in [6.07, 6.45) is 8.56. The molecule has 0 amide bonds. The lowest BCUT2D eigenvalue weighted by Crippen LogP contribution is -2.51. The van der Waals surface area contributed by atoms with Crippen molar-refractivity contribution >= 4 is 0 Å². The van der Waals surface area contributed by atoms with Gasteiger partial charge in [0.2, 0.25) is 0 Å². The number of piperidine rings is 1. The summed E-state index contributed by atoms with van der Waals surface area (Å²) >= 11 is 0. The second kappa shape index (κ2) is 5.31. The van der Waals surface area contributed by atoms with Gasteiger partial charge in [-0.3, -0.25) is 4.90 Å². The number of nitrogens with one attached hydrogen (secondary N) is 1. The highest BCUT2D eigenvalue weighted by Gasteiger charge is 2.30. The molecule has 0 aromatic carbocycles. The fraction of sp³-hybridized carbons (Fsp3) is 1.00. The Kier molecular flexibility index (Phi) is 4.04. The van der Waals surface area contributed by atoms with Crippen LogP contribution in [0.4, 0.5) is 0 Å². The Labute approximate surface area is 94.4 Å². The Morgan fingerprint density at radius 2 is 1.93 bits per heavy atom. The maximum absolute atomic E-state index is 3.48. The molecule has 0 spiro atoms. The van der Waals surface area contributed by atoms with Gasteiger partial charge < -0.3 is 5.32 Å². The van der Waals surface area contributed by atoms with E-state index < -0.39 is 0 Å². The van der Waals surface area contributed by atoms with Crippen LogP contribution in [0, 0.1) is 5.92 Å². The largest absolute Gasteiger partial charge is 0.316 e. The van der Waals surface area contributed by atoms with E-state index >= 15 is 0 Å². The minimum atomic E-state index is 0.740. The van der Waals surface area contributed by atoms with Crippen molar-refractivity contribution in [3.63, 3.8) is 0 Å². The number of hydrogen-bond acceptors (Lipinski definition) is 2. The fourth-order valence-corrected chi connectivity index (χ4v) is 3.31. The molecule has 0 bridgehead atoms. The average molecular weight is 210 g/mol. The third-order valence-corrected chi connectivity index (χ3v) is 4.39. The Hall–Kier alpha value is -0.0800. The van der Waals surface area contributed by atoms with Crippen LogP contribution in [-0.4, -0.2) is 37.1 Å². The minimum absolute atomic E-state index is 0.740. The van der Waals surface area contributed by atoms with Crippen LogP contribution in [0.2, 0.25) is 0 Å². The van der Waals surface area contributed by atoms with E-state index in [9.17, 15) is 0 Å². The van der Waals surface area contributed by atoms with Crippen molar-refractivity contribution in [3.05, 3.63) is 0 Å². The molecule has 88 valence electrons. The van der Waals surface area contributed by atoms with Gasteiger partial charge in [-0.25, -0.2) is 0 Å². The van der Waals surface area contributed by atoms with E-state index in [1.165, 1.54) is 51.6 Å². The quantitative estimate of drug-likeness (QED) is 0.768. The lowest BCUT2D eigenvalue weighted by molar-refractivity contribution is 0.0999. The molecule has 2 fully saturated rings. The lowest BCUT2D eigenvalue weighted by atomic mass is 9.91. The molecular weight excluding hydrogens is 184 g/mol. The second-order valence-corrected chi connectivity index (χ2v) is 5.39. The average Bonchev–Trinajstić information content (AvgIpc) is 2.81. The molecule has 1 saturated heterocycles. The van der Waals surface area contributed by atoms with Gasteiger partial charge in [-0.05, 0) is 32.2 Å². The molecular formula is C13H26N2. The minimum Gasteiger partial charge on any atom is -0.316 e. The van der Waals surface area contributed by atoms with E-state index in [1.54, 1.807) is 0 Å². The number of likely N-dealkylation sites (N-methyl/N-ethyl adjacent to an activating group) is 1. The third-order valence-electron chi connectivity index (χ3n) is 4.39. The van der Waals surface area contributed by atoms with Crippen molar-refractivity contribution < 1.29 is 0 Å². The standard InChI is InChI=1S/C13H26N2/c1-3-11-8-12(14-2)10-15(9-11)13-6-4-5-7-13/h11-14H,3-10H2,1-2H3. The van der Waals surface area contributed by atoms with Crippen LogP contribution in [-0.2, 0) is 0 Å². The van der Waals surface area contributed by atoms with Gasteiger partial charge in [0.25, 0.3) is 0 Å². The van der Waals surface area contributed by atoms with E-state index in [0.29, 0.717) is 0 Å². The smallest absolute Gasteiger partial charge is 0.0195 e. The van der Waals surface area contributed by atoms with Crippen molar-refractivity contribution in [1.29, 1.82) is 0 Å². The number of likely N-dealkylation sites (tertiary alicyclic amines) is 1. The first-order valence-corrected chi connectivity index (χ1v) is 6.74. The highest BCUT2D eigenvalue weighted by Crippen LogP contribution is 2.28. The Balaban J connectivity index is 1.92. The SMILES string of the molecule is CCC1CC(NC)CN(C2CCCC2)C1. The van der Waals surface area contributed by atoms with E-state index in [1.807, 2.05) is 0 Å². The van der Waals surface area contributed by atoms with Crippen LogP contribution in [0.1, 0.15) is 45.4 Å². The highest BCUT2D eigenvalue weighted by molar-refractivity contribution is 4.87. The molecule has 2 nitrogen and oxygen atoms in total. The van der Waals surface area contributed by atoms with E-state index in [2.05, 4.69) is 24.2 Å². The summed E-state index contributed by atoms with van der Waals surface area (Å²) in [5, 5.41) is 3.48. The molecule has 1 aliphatic heterocycles. The second-order valence-electron chi connectivity index (χ2n) is 5.39. The van der Waals surface area contributed by atoms with Crippen molar-refractivity contribution in [1.82, 2.24) is 10.2 Å². The van der Waals surface area contributed by atoms with Gasteiger partial charge >= 0.3 is 0 Å². The predicted octanol–water partition coefficient (Wildman–Crippen LogP) is 2.25. The number of hydrogen-bond donors (Lipinski definition) is 1. The van der Waals surface area contributed by atoms with Crippen LogP contribution < -0.4 is 5.32 Å². The molecule has 2 heteroatoms. The van der Waals surface area contributed by atoms with Crippen molar-refractivity contribution in [3.8, 4) is 0 Å². The Morgan fingerprint density at radius 3 is 2.53 bits per heavy atom.